The summed E-state index contributed by atoms with van der Waals surface area (Å²) >= 11 is 0. The normalized spacial score (nSPS) is 28.5. The van der Waals surface area contributed by atoms with Crippen molar-refractivity contribution in [1.82, 2.24) is 10.2 Å². The van der Waals surface area contributed by atoms with Gasteiger partial charge in [0, 0.05) is 18.5 Å². The molecule has 2 aromatic rings. The van der Waals surface area contributed by atoms with Crippen molar-refractivity contribution in [2.24, 2.45) is 5.92 Å². The molecule has 3 fully saturated rings. The van der Waals surface area contributed by atoms with Crippen molar-refractivity contribution in [3.8, 4) is 28.4 Å². The summed E-state index contributed by atoms with van der Waals surface area (Å²) in [7, 11) is 0. The topological polar surface area (TPSA) is 69.3 Å². The van der Waals surface area contributed by atoms with Gasteiger partial charge in [0.25, 0.3) is 0 Å². The molecular weight excluding hydrogens is 434 g/mol. The number of alkyl halides is 2. The molecule has 2 bridgehead atoms. The van der Waals surface area contributed by atoms with E-state index in [2.05, 4.69) is 19.7 Å². The highest BCUT2D eigenvalue weighted by Gasteiger charge is 2.43. The largest absolute Gasteiger partial charge is 0.586 e. The molecule has 0 radical (unpaired) electrons. The molecule has 3 saturated heterocycles. The number of piperidine rings is 3. The molecule has 5 aliphatic heterocycles. The minimum absolute atomic E-state index is 0.00345. The number of nitrogens with zero attached hydrogens (tertiary/aromatic N) is 1. The van der Waals surface area contributed by atoms with Gasteiger partial charge >= 0.3 is 12.4 Å². The van der Waals surface area contributed by atoms with Gasteiger partial charge in [-0.1, -0.05) is 18.2 Å². The SMILES string of the molecule is O=C(NC1CCOc2cc(-c3ccc4c(c3)OC(F)(F)O4)ccc21)O[C@@H]1CN2CCC1CC2. The van der Waals surface area contributed by atoms with Crippen LogP contribution in [0.25, 0.3) is 11.1 Å². The minimum atomic E-state index is -3.65. The van der Waals surface area contributed by atoms with Crippen LogP contribution in [0, 0.1) is 5.92 Å². The Morgan fingerprint density at radius 1 is 1.00 bits per heavy atom. The van der Waals surface area contributed by atoms with Crippen LogP contribution in [0.15, 0.2) is 36.4 Å². The zero-order valence-electron chi connectivity index (χ0n) is 17.9. The number of benzene rings is 2. The third kappa shape index (κ3) is 3.94. The molecule has 7 rings (SSSR count). The number of rotatable bonds is 3. The Bertz CT molecular complexity index is 1090. The maximum Gasteiger partial charge on any atom is 0.586 e. The van der Waals surface area contributed by atoms with Crippen LogP contribution in [0.3, 0.4) is 0 Å². The van der Waals surface area contributed by atoms with Crippen LogP contribution in [0.4, 0.5) is 13.6 Å². The Balaban J connectivity index is 1.16. The van der Waals surface area contributed by atoms with Gasteiger partial charge in [0.2, 0.25) is 0 Å². The second-order valence-corrected chi connectivity index (χ2v) is 9.00. The van der Waals surface area contributed by atoms with E-state index in [1.54, 1.807) is 6.07 Å². The fourth-order valence-electron chi connectivity index (χ4n) is 5.21. The molecule has 33 heavy (non-hydrogen) atoms. The number of halogens is 2. The zero-order chi connectivity index (χ0) is 22.6. The number of hydrogen-bond acceptors (Lipinski definition) is 6. The predicted molar refractivity (Wildman–Crippen MR) is 114 cm³/mol. The number of ether oxygens (including phenoxy) is 4. The predicted octanol–water partition coefficient (Wildman–Crippen LogP) is 4.32. The molecule has 1 amide bonds. The molecule has 7 nitrogen and oxygen atoms in total. The molecule has 5 heterocycles. The maximum absolute atomic E-state index is 13.3. The van der Waals surface area contributed by atoms with E-state index in [0.29, 0.717) is 30.3 Å². The summed E-state index contributed by atoms with van der Waals surface area (Å²) in [5, 5.41) is 3.00. The standard InChI is InChI=1S/C24H24F2N2O5/c25-24(26)32-19-4-2-16(12-21(19)33-24)15-1-3-17-18(7-10-30-20(17)11-15)27-23(29)31-22-13-28-8-5-14(22)6-9-28/h1-4,11-12,14,18,22H,5-10,13H2,(H,27,29)/t18?,22-/m1/s1. The van der Waals surface area contributed by atoms with Crippen LogP contribution in [0.1, 0.15) is 30.9 Å². The first-order valence-corrected chi connectivity index (χ1v) is 11.3. The van der Waals surface area contributed by atoms with E-state index in [1.807, 2.05) is 18.2 Å². The molecule has 2 atom stereocenters. The highest BCUT2D eigenvalue weighted by molar-refractivity contribution is 5.71. The van der Waals surface area contributed by atoms with Crippen LogP contribution in [0.5, 0.6) is 17.2 Å². The third-order valence-electron chi connectivity index (χ3n) is 6.93. The first-order chi connectivity index (χ1) is 15.9. The molecular formula is C24H24F2N2O5. The Hall–Kier alpha value is -3.07. The minimum Gasteiger partial charge on any atom is -0.493 e. The third-order valence-corrected chi connectivity index (χ3v) is 6.93. The average Bonchev–Trinajstić information content (AvgIpc) is 3.12. The van der Waals surface area contributed by atoms with E-state index >= 15 is 0 Å². The van der Waals surface area contributed by atoms with Crippen molar-refractivity contribution >= 4 is 6.09 Å². The molecule has 0 aliphatic carbocycles. The van der Waals surface area contributed by atoms with Crippen molar-refractivity contribution in [3.05, 3.63) is 42.0 Å². The van der Waals surface area contributed by atoms with Crippen LogP contribution in [-0.4, -0.2) is 49.6 Å². The first kappa shape index (κ1) is 20.5. The van der Waals surface area contributed by atoms with E-state index < -0.39 is 12.4 Å². The summed E-state index contributed by atoms with van der Waals surface area (Å²) in [4.78, 5) is 15.0. The summed E-state index contributed by atoms with van der Waals surface area (Å²) in [6.07, 6.45) is -1.29. The van der Waals surface area contributed by atoms with Gasteiger partial charge in [-0.3, -0.25) is 4.90 Å². The monoisotopic (exact) mass is 458 g/mol. The Labute approximate surface area is 189 Å². The van der Waals surface area contributed by atoms with Crippen LogP contribution in [0.2, 0.25) is 0 Å². The summed E-state index contributed by atoms with van der Waals surface area (Å²) in [5.74, 6) is 1.09. The van der Waals surface area contributed by atoms with E-state index in [1.165, 1.54) is 12.1 Å². The van der Waals surface area contributed by atoms with Crippen molar-refractivity contribution in [1.29, 1.82) is 0 Å². The molecule has 9 heteroatoms. The number of carbonyl (C=O) groups is 1. The lowest BCUT2D eigenvalue weighted by Crippen LogP contribution is -2.52. The summed E-state index contributed by atoms with van der Waals surface area (Å²) < 4.78 is 47.3. The van der Waals surface area contributed by atoms with Gasteiger partial charge in [0.1, 0.15) is 11.9 Å². The number of alkyl carbamates (subject to hydrolysis) is 1. The highest BCUT2D eigenvalue weighted by atomic mass is 19.3. The molecule has 0 saturated carbocycles. The van der Waals surface area contributed by atoms with Crippen molar-refractivity contribution in [3.63, 3.8) is 0 Å². The smallest absolute Gasteiger partial charge is 0.493 e. The number of amides is 1. The fraction of sp³-hybridized carbons (Fsp3) is 0.458. The molecule has 2 aromatic carbocycles. The molecule has 174 valence electrons. The second-order valence-electron chi connectivity index (χ2n) is 9.00. The van der Waals surface area contributed by atoms with Crippen molar-refractivity contribution in [2.75, 3.05) is 26.2 Å². The zero-order valence-corrected chi connectivity index (χ0v) is 17.9. The van der Waals surface area contributed by atoms with E-state index in [-0.39, 0.29) is 23.6 Å². The average molecular weight is 458 g/mol. The summed E-state index contributed by atoms with van der Waals surface area (Å²) in [5.41, 5.74) is 2.34. The lowest BCUT2D eigenvalue weighted by atomic mass is 9.86. The summed E-state index contributed by atoms with van der Waals surface area (Å²) in [6, 6.07) is 10.1. The van der Waals surface area contributed by atoms with E-state index in [4.69, 9.17) is 9.47 Å². The van der Waals surface area contributed by atoms with E-state index in [9.17, 15) is 13.6 Å². The van der Waals surface area contributed by atoms with Crippen LogP contribution >= 0.6 is 0 Å². The maximum atomic E-state index is 13.3. The van der Waals surface area contributed by atoms with Gasteiger partial charge in [0.05, 0.1) is 12.6 Å². The number of hydrogen-bond donors (Lipinski definition) is 1. The molecule has 1 N–H and O–H groups in total. The molecule has 0 spiro atoms. The Morgan fingerprint density at radius 3 is 2.48 bits per heavy atom. The number of nitrogens with one attached hydrogen (secondary N) is 1. The molecule has 5 aliphatic rings. The lowest BCUT2D eigenvalue weighted by Gasteiger charge is -2.44. The van der Waals surface area contributed by atoms with Gasteiger partial charge in [-0.05, 0) is 61.2 Å². The van der Waals surface area contributed by atoms with Gasteiger partial charge in [0.15, 0.2) is 11.5 Å². The first-order valence-electron chi connectivity index (χ1n) is 11.3. The number of fused-ring (bicyclic) bond motifs is 5. The van der Waals surface area contributed by atoms with Gasteiger partial charge in [-0.2, -0.15) is 0 Å². The quantitative estimate of drug-likeness (QED) is 0.739. The van der Waals surface area contributed by atoms with Crippen LogP contribution in [-0.2, 0) is 4.74 Å². The van der Waals surface area contributed by atoms with Gasteiger partial charge < -0.3 is 24.3 Å². The Kier molecular flexibility index (Phi) is 4.83. The van der Waals surface area contributed by atoms with Crippen molar-refractivity contribution < 1.29 is 32.5 Å². The number of carbonyl (C=O) groups excluding carboxylic acids is 1. The summed E-state index contributed by atoms with van der Waals surface area (Å²) in [6.45, 7) is 3.45. The van der Waals surface area contributed by atoms with Gasteiger partial charge in [-0.25, -0.2) is 4.79 Å². The molecule has 0 aromatic heterocycles. The van der Waals surface area contributed by atoms with Crippen molar-refractivity contribution in [2.45, 2.75) is 37.7 Å². The fourth-order valence-corrected chi connectivity index (χ4v) is 5.21. The molecule has 1 unspecified atom stereocenters. The van der Waals surface area contributed by atoms with E-state index in [0.717, 1.165) is 43.6 Å². The van der Waals surface area contributed by atoms with Crippen LogP contribution < -0.4 is 19.5 Å². The highest BCUT2D eigenvalue weighted by Crippen LogP contribution is 2.44. The van der Waals surface area contributed by atoms with Gasteiger partial charge in [-0.15, -0.1) is 8.78 Å². The Morgan fingerprint density at radius 2 is 1.73 bits per heavy atom. The lowest BCUT2D eigenvalue weighted by molar-refractivity contribution is -0.286. The second kappa shape index (κ2) is 7.76.